The number of halogens is 3. The second-order valence-electron chi connectivity index (χ2n) is 14.3. The molecule has 1 saturated heterocycles. The van der Waals surface area contributed by atoms with Crippen molar-refractivity contribution in [2.75, 3.05) is 36.8 Å². The molecule has 0 unspecified atom stereocenters. The number of benzene rings is 2. The molecule has 4 bridgehead atoms. The van der Waals surface area contributed by atoms with Gasteiger partial charge >= 0.3 is 6.18 Å². The summed E-state index contributed by atoms with van der Waals surface area (Å²) in [6.07, 6.45) is 1.57. The van der Waals surface area contributed by atoms with E-state index in [2.05, 4.69) is 26.8 Å². The Labute approximate surface area is 288 Å². The first-order valence-electron chi connectivity index (χ1n) is 16.7. The van der Waals surface area contributed by atoms with E-state index in [1.54, 1.807) is 18.2 Å². The number of nitrogens with zero attached hydrogens (tertiary/aromatic N) is 4. The van der Waals surface area contributed by atoms with Crippen LogP contribution >= 0.6 is 0 Å². The zero-order chi connectivity index (χ0) is 35.3. The van der Waals surface area contributed by atoms with Crippen LogP contribution < -0.4 is 9.62 Å². The van der Waals surface area contributed by atoms with E-state index in [0.29, 0.717) is 42.2 Å². The van der Waals surface area contributed by atoms with Crippen molar-refractivity contribution in [3.63, 3.8) is 0 Å². The van der Waals surface area contributed by atoms with Crippen molar-refractivity contribution in [3.8, 4) is 17.6 Å². The van der Waals surface area contributed by atoms with Crippen molar-refractivity contribution in [2.45, 2.75) is 44.7 Å². The zero-order valence-electron chi connectivity index (χ0n) is 27.1. The number of piperazine rings is 1. The Balaban J connectivity index is 0.968. The number of phenolic OH excluding ortho intramolecular Hbond substituents is 1. The normalized spacial score (nSPS) is 24.4. The molecular formula is C36H36F3N5O5S. The van der Waals surface area contributed by atoms with E-state index in [0.717, 1.165) is 31.4 Å². The molecule has 5 fully saturated rings. The fraction of sp³-hybridized carbons (Fsp3) is 0.444. The zero-order valence-corrected chi connectivity index (χ0v) is 27.9. The Morgan fingerprint density at radius 1 is 0.880 bits per heavy atom. The first kappa shape index (κ1) is 33.8. The molecule has 2 aromatic carbocycles. The lowest BCUT2D eigenvalue weighted by molar-refractivity contribution is -0.137. The maximum Gasteiger partial charge on any atom is 0.416 e. The van der Waals surface area contributed by atoms with Crippen LogP contribution in [0.4, 0.5) is 19.0 Å². The van der Waals surface area contributed by atoms with Crippen LogP contribution in [0.3, 0.4) is 0 Å². The lowest BCUT2D eigenvalue weighted by Crippen LogP contribution is -2.51. The molecule has 0 radical (unpaired) electrons. The molecule has 0 atom stereocenters. The molecule has 2 amide bonds. The van der Waals surface area contributed by atoms with Gasteiger partial charge in [-0.05, 0) is 110 Å². The van der Waals surface area contributed by atoms with E-state index in [1.165, 1.54) is 48.4 Å². The molecule has 5 aliphatic rings. The topological polar surface area (TPSA) is 133 Å². The van der Waals surface area contributed by atoms with Crippen molar-refractivity contribution in [3.05, 3.63) is 82.5 Å². The quantitative estimate of drug-likeness (QED) is 0.348. The summed E-state index contributed by atoms with van der Waals surface area (Å²) in [7, 11) is -3.88. The van der Waals surface area contributed by atoms with Gasteiger partial charge in [-0.1, -0.05) is 17.9 Å². The third kappa shape index (κ3) is 7.43. The lowest BCUT2D eigenvalue weighted by atomic mass is 9.50. The molecule has 50 heavy (non-hydrogen) atoms. The summed E-state index contributed by atoms with van der Waals surface area (Å²) < 4.78 is 69.6. The molecule has 10 nitrogen and oxygen atoms in total. The number of anilines is 1. The van der Waals surface area contributed by atoms with Crippen LogP contribution in [0.2, 0.25) is 0 Å². The van der Waals surface area contributed by atoms with Gasteiger partial charge < -0.3 is 14.9 Å². The highest BCUT2D eigenvalue weighted by Gasteiger charge is 2.52. The number of sulfonamides is 1. The molecule has 8 rings (SSSR count). The minimum atomic E-state index is -4.70. The number of hydrogen-bond donors (Lipinski definition) is 2. The van der Waals surface area contributed by atoms with E-state index < -0.39 is 33.6 Å². The Bertz CT molecular complexity index is 1950. The Hall–Kier alpha value is -4.64. The average Bonchev–Trinajstić information content (AvgIpc) is 3.05. The van der Waals surface area contributed by atoms with Gasteiger partial charge in [-0.2, -0.15) is 13.2 Å². The van der Waals surface area contributed by atoms with Gasteiger partial charge in [-0.25, -0.2) is 13.1 Å². The molecule has 2 N–H and O–H groups in total. The first-order valence-corrected chi connectivity index (χ1v) is 18.3. The second-order valence-corrected chi connectivity index (χ2v) is 16.0. The summed E-state index contributed by atoms with van der Waals surface area (Å²) in [5.74, 6) is 6.05. The minimum Gasteiger partial charge on any atom is -0.508 e. The van der Waals surface area contributed by atoms with Gasteiger partial charge in [0.15, 0.2) is 11.5 Å². The molecule has 4 saturated carbocycles. The summed E-state index contributed by atoms with van der Waals surface area (Å²) in [5, 5.41) is 17.7. The van der Waals surface area contributed by atoms with Gasteiger partial charge in [0.25, 0.3) is 11.8 Å². The number of phenols is 1. The molecule has 14 heteroatoms. The summed E-state index contributed by atoms with van der Waals surface area (Å²) in [5.41, 5.74) is -1.13. The van der Waals surface area contributed by atoms with Crippen molar-refractivity contribution < 1.29 is 36.3 Å². The second kappa shape index (κ2) is 12.9. The predicted octanol–water partition coefficient (Wildman–Crippen LogP) is 4.84. The summed E-state index contributed by atoms with van der Waals surface area (Å²) in [6.45, 7) is 0.973. The van der Waals surface area contributed by atoms with E-state index in [9.17, 15) is 36.3 Å². The molecule has 1 aromatic heterocycles. The van der Waals surface area contributed by atoms with Gasteiger partial charge in [0.1, 0.15) is 5.75 Å². The van der Waals surface area contributed by atoms with Crippen LogP contribution in [-0.4, -0.2) is 72.4 Å². The highest BCUT2D eigenvalue weighted by Crippen LogP contribution is 2.60. The number of rotatable bonds is 6. The minimum absolute atomic E-state index is 0.00472. The highest BCUT2D eigenvalue weighted by molar-refractivity contribution is 7.90. The molecule has 1 aliphatic heterocycles. The third-order valence-electron chi connectivity index (χ3n) is 10.4. The van der Waals surface area contributed by atoms with Gasteiger partial charge in [0.05, 0.1) is 11.3 Å². The number of carbonyl (C=O) groups is 2. The maximum atomic E-state index is 13.7. The number of hydrogen-bond acceptors (Lipinski definition) is 8. The van der Waals surface area contributed by atoms with Crippen molar-refractivity contribution in [1.29, 1.82) is 0 Å². The van der Waals surface area contributed by atoms with Crippen LogP contribution in [0.25, 0.3) is 0 Å². The van der Waals surface area contributed by atoms with Crippen molar-refractivity contribution in [2.24, 2.45) is 23.2 Å². The van der Waals surface area contributed by atoms with Crippen LogP contribution in [0, 0.1) is 35.0 Å². The van der Waals surface area contributed by atoms with Gasteiger partial charge in [0, 0.05) is 42.9 Å². The van der Waals surface area contributed by atoms with E-state index in [-0.39, 0.29) is 46.8 Å². The average molecular weight is 708 g/mol. The largest absolute Gasteiger partial charge is 0.508 e. The molecule has 4 aliphatic carbocycles. The number of carbonyl (C=O) groups excluding carboxylic acids is 2. The summed E-state index contributed by atoms with van der Waals surface area (Å²) >= 11 is 0. The Morgan fingerprint density at radius 2 is 1.54 bits per heavy atom. The van der Waals surface area contributed by atoms with Gasteiger partial charge in [0.2, 0.25) is 10.0 Å². The van der Waals surface area contributed by atoms with Gasteiger partial charge in [-0.3, -0.25) is 9.59 Å². The standard InChI is InChI=1S/C36H36F3N5O5S/c37-36(38,39)29-16-24(5-4-23-2-1-3-30(45)17-23)15-28(18-29)34(47)44-10-8-43(9-11-44)32-7-6-31(40-41-32)33(46)42-50(48,49)22-35-19-25-12-26(20-35)14-27(13-25)21-35/h1-3,6-7,15-18,25-27,45H,8-14,19-22H2,(H,42,46). The SMILES string of the molecule is O=C(NS(=O)(=O)CC12CC3CC(CC(C3)C1)C2)c1ccc(N2CCN(C(=O)c3cc(C#Cc4cccc(O)c4)cc(C(F)(F)F)c3)CC2)nn1. The molecule has 0 spiro atoms. The Kier molecular flexibility index (Phi) is 8.74. The van der Waals surface area contributed by atoms with E-state index in [4.69, 9.17) is 0 Å². The smallest absolute Gasteiger partial charge is 0.416 e. The molecular weight excluding hydrogens is 671 g/mol. The summed E-state index contributed by atoms with van der Waals surface area (Å²) in [6, 6.07) is 12.0. The van der Waals surface area contributed by atoms with E-state index >= 15 is 0 Å². The van der Waals surface area contributed by atoms with Crippen molar-refractivity contribution in [1.82, 2.24) is 19.8 Å². The van der Waals surface area contributed by atoms with Crippen LogP contribution in [0.5, 0.6) is 5.75 Å². The lowest BCUT2D eigenvalue weighted by Gasteiger charge is -2.56. The predicted molar refractivity (Wildman–Crippen MR) is 178 cm³/mol. The third-order valence-corrected chi connectivity index (χ3v) is 11.9. The Morgan fingerprint density at radius 3 is 2.14 bits per heavy atom. The fourth-order valence-corrected chi connectivity index (χ4v) is 10.4. The monoisotopic (exact) mass is 707 g/mol. The number of nitrogens with one attached hydrogen (secondary N) is 1. The number of alkyl halides is 3. The first-order chi connectivity index (χ1) is 23.7. The van der Waals surface area contributed by atoms with Crippen LogP contribution in [-0.2, 0) is 16.2 Å². The van der Waals surface area contributed by atoms with Crippen LogP contribution in [0.15, 0.2) is 54.6 Å². The highest BCUT2D eigenvalue weighted by atomic mass is 32.2. The maximum absolute atomic E-state index is 13.7. The number of aromatic nitrogens is 2. The van der Waals surface area contributed by atoms with Gasteiger partial charge in [-0.15, -0.1) is 10.2 Å². The molecule has 3 aromatic rings. The fourth-order valence-electron chi connectivity index (χ4n) is 8.75. The summed E-state index contributed by atoms with van der Waals surface area (Å²) in [4.78, 5) is 29.5. The molecule has 2 heterocycles. The number of amides is 2. The van der Waals surface area contributed by atoms with E-state index in [1.807, 2.05) is 4.90 Å². The van der Waals surface area contributed by atoms with Crippen molar-refractivity contribution >= 4 is 27.7 Å². The van der Waals surface area contributed by atoms with Crippen LogP contribution in [0.1, 0.15) is 76.1 Å². The number of aromatic hydroxyl groups is 1. The molecule has 262 valence electrons.